The van der Waals surface area contributed by atoms with Crippen LogP contribution in [-0.4, -0.2) is 11.0 Å². The summed E-state index contributed by atoms with van der Waals surface area (Å²) in [5.74, 6) is 0. The summed E-state index contributed by atoms with van der Waals surface area (Å²) in [5.41, 5.74) is 11.9. The summed E-state index contributed by atoms with van der Waals surface area (Å²) in [6, 6.07) is 6.64. The molecule has 0 amide bonds. The number of hydrogen-bond donors (Lipinski definition) is 1. The fourth-order valence-electron chi connectivity index (χ4n) is 2.20. The fourth-order valence-corrected chi connectivity index (χ4v) is 2.20. The van der Waals surface area contributed by atoms with Gasteiger partial charge < -0.3 is 5.73 Å². The van der Waals surface area contributed by atoms with Gasteiger partial charge in [-0.1, -0.05) is 12.1 Å². The van der Waals surface area contributed by atoms with Crippen molar-refractivity contribution >= 4 is 10.9 Å². The predicted molar refractivity (Wildman–Crippen MR) is 73.3 cm³/mol. The lowest BCUT2D eigenvalue weighted by Crippen LogP contribution is -2.18. The molecule has 1 heterocycles. The lowest BCUT2D eigenvalue weighted by molar-refractivity contribution is 0.724. The summed E-state index contributed by atoms with van der Waals surface area (Å²) in [5, 5.41) is 1.25. The largest absolute Gasteiger partial charge is 0.328 e. The van der Waals surface area contributed by atoms with E-state index in [2.05, 4.69) is 39.0 Å². The van der Waals surface area contributed by atoms with E-state index in [1.165, 1.54) is 22.1 Å². The molecule has 0 saturated carbocycles. The van der Waals surface area contributed by atoms with Gasteiger partial charge in [-0.3, -0.25) is 4.98 Å². The first kappa shape index (κ1) is 12.1. The SMILES string of the molecule is Cc1ccc2c(C)cc(CC(C)N)nc2c1C. The molecule has 0 saturated heterocycles. The normalized spacial score (nSPS) is 13.0. The Morgan fingerprint density at radius 2 is 1.88 bits per heavy atom. The first-order valence-corrected chi connectivity index (χ1v) is 6.11. The molecule has 90 valence electrons. The number of rotatable bonds is 2. The van der Waals surface area contributed by atoms with Crippen molar-refractivity contribution in [2.75, 3.05) is 0 Å². The molecule has 0 radical (unpaired) electrons. The molecule has 2 heteroatoms. The van der Waals surface area contributed by atoms with E-state index in [4.69, 9.17) is 10.7 Å². The Kier molecular flexibility index (Phi) is 3.16. The molecule has 1 aromatic carbocycles. The van der Waals surface area contributed by atoms with Crippen LogP contribution in [0.1, 0.15) is 29.3 Å². The van der Waals surface area contributed by atoms with E-state index in [0.29, 0.717) is 0 Å². The Hall–Kier alpha value is -1.41. The molecule has 0 aliphatic carbocycles. The smallest absolute Gasteiger partial charge is 0.0739 e. The van der Waals surface area contributed by atoms with Crippen LogP contribution in [0.4, 0.5) is 0 Å². The molecule has 2 aromatic rings. The summed E-state index contributed by atoms with van der Waals surface area (Å²) in [7, 11) is 0. The van der Waals surface area contributed by atoms with Gasteiger partial charge in [0.05, 0.1) is 5.52 Å². The second-order valence-corrected chi connectivity index (χ2v) is 5.02. The summed E-state index contributed by atoms with van der Waals surface area (Å²) in [6.45, 7) is 8.43. The van der Waals surface area contributed by atoms with E-state index in [-0.39, 0.29) is 6.04 Å². The van der Waals surface area contributed by atoms with Crippen LogP contribution in [0.5, 0.6) is 0 Å². The fraction of sp³-hybridized carbons (Fsp3) is 0.400. The monoisotopic (exact) mass is 228 g/mol. The van der Waals surface area contributed by atoms with E-state index in [0.717, 1.165) is 17.6 Å². The van der Waals surface area contributed by atoms with Crippen LogP contribution in [0.15, 0.2) is 18.2 Å². The molecule has 17 heavy (non-hydrogen) atoms. The lowest BCUT2D eigenvalue weighted by atomic mass is 10.0. The topological polar surface area (TPSA) is 38.9 Å². The Balaban J connectivity index is 2.66. The summed E-state index contributed by atoms with van der Waals surface area (Å²) >= 11 is 0. The average Bonchev–Trinajstić information content (AvgIpc) is 2.23. The van der Waals surface area contributed by atoms with E-state index >= 15 is 0 Å². The van der Waals surface area contributed by atoms with E-state index in [9.17, 15) is 0 Å². The first-order chi connectivity index (χ1) is 7.99. The molecule has 2 rings (SSSR count). The molecule has 2 N–H and O–H groups in total. The van der Waals surface area contributed by atoms with E-state index in [1.54, 1.807) is 0 Å². The lowest BCUT2D eigenvalue weighted by Gasteiger charge is -2.11. The van der Waals surface area contributed by atoms with Gasteiger partial charge in [-0.05, 0) is 50.5 Å². The Morgan fingerprint density at radius 1 is 1.18 bits per heavy atom. The van der Waals surface area contributed by atoms with Crippen LogP contribution < -0.4 is 5.73 Å². The highest BCUT2D eigenvalue weighted by Crippen LogP contribution is 2.23. The van der Waals surface area contributed by atoms with E-state index in [1.807, 2.05) is 6.92 Å². The molecule has 0 aliphatic rings. The number of fused-ring (bicyclic) bond motifs is 1. The van der Waals surface area contributed by atoms with Crippen molar-refractivity contribution in [2.45, 2.75) is 40.2 Å². The molecule has 0 spiro atoms. The molecular formula is C15H20N2. The van der Waals surface area contributed by atoms with Crippen molar-refractivity contribution in [3.63, 3.8) is 0 Å². The Labute approximate surface area is 103 Å². The number of nitrogens with zero attached hydrogens (tertiary/aromatic N) is 1. The van der Waals surface area contributed by atoms with Gasteiger partial charge in [0.15, 0.2) is 0 Å². The number of aromatic nitrogens is 1. The highest BCUT2D eigenvalue weighted by molar-refractivity contribution is 5.85. The zero-order valence-electron chi connectivity index (χ0n) is 11.0. The molecule has 1 atom stereocenters. The van der Waals surface area contributed by atoms with Crippen molar-refractivity contribution in [2.24, 2.45) is 5.73 Å². The minimum absolute atomic E-state index is 0.157. The predicted octanol–water partition coefficient (Wildman–Crippen LogP) is 3.05. The maximum atomic E-state index is 5.85. The molecule has 1 aromatic heterocycles. The van der Waals surface area contributed by atoms with Gasteiger partial charge >= 0.3 is 0 Å². The van der Waals surface area contributed by atoms with Gasteiger partial charge in [0, 0.05) is 23.5 Å². The highest BCUT2D eigenvalue weighted by Gasteiger charge is 2.08. The third-order valence-corrected chi connectivity index (χ3v) is 3.30. The van der Waals surface area contributed by atoms with Gasteiger partial charge in [0.1, 0.15) is 0 Å². The third-order valence-electron chi connectivity index (χ3n) is 3.30. The number of nitrogens with two attached hydrogens (primary N) is 1. The van der Waals surface area contributed by atoms with Gasteiger partial charge in [0.25, 0.3) is 0 Å². The van der Waals surface area contributed by atoms with Crippen molar-refractivity contribution < 1.29 is 0 Å². The maximum Gasteiger partial charge on any atom is 0.0739 e. The molecular weight excluding hydrogens is 208 g/mol. The molecule has 1 unspecified atom stereocenters. The molecule has 0 fully saturated rings. The molecule has 2 nitrogen and oxygen atoms in total. The van der Waals surface area contributed by atoms with Crippen molar-refractivity contribution in [1.82, 2.24) is 4.98 Å². The van der Waals surface area contributed by atoms with Gasteiger partial charge in [-0.2, -0.15) is 0 Å². The molecule has 0 aliphatic heterocycles. The quantitative estimate of drug-likeness (QED) is 0.858. The van der Waals surface area contributed by atoms with Gasteiger partial charge in [-0.25, -0.2) is 0 Å². The van der Waals surface area contributed by atoms with Crippen molar-refractivity contribution in [3.8, 4) is 0 Å². The van der Waals surface area contributed by atoms with Crippen molar-refractivity contribution in [1.29, 1.82) is 0 Å². The minimum Gasteiger partial charge on any atom is -0.328 e. The van der Waals surface area contributed by atoms with Crippen molar-refractivity contribution in [3.05, 3.63) is 40.6 Å². The van der Waals surface area contributed by atoms with Crippen LogP contribution in [0, 0.1) is 20.8 Å². The van der Waals surface area contributed by atoms with Gasteiger partial charge in [-0.15, -0.1) is 0 Å². The summed E-state index contributed by atoms with van der Waals surface area (Å²) in [6.07, 6.45) is 0.837. The minimum atomic E-state index is 0.157. The van der Waals surface area contributed by atoms with Crippen LogP contribution in [0.2, 0.25) is 0 Å². The average molecular weight is 228 g/mol. The van der Waals surface area contributed by atoms with Crippen LogP contribution in [0.3, 0.4) is 0 Å². The summed E-state index contributed by atoms with van der Waals surface area (Å²) in [4.78, 5) is 4.76. The number of benzene rings is 1. The van der Waals surface area contributed by atoms with Crippen LogP contribution >= 0.6 is 0 Å². The zero-order chi connectivity index (χ0) is 12.6. The number of pyridine rings is 1. The van der Waals surface area contributed by atoms with Crippen LogP contribution in [-0.2, 0) is 6.42 Å². The number of aryl methyl sites for hydroxylation is 3. The first-order valence-electron chi connectivity index (χ1n) is 6.11. The standard InChI is InChI=1S/C15H20N2/c1-9-5-6-14-10(2)7-13(8-11(3)16)17-15(14)12(9)4/h5-7,11H,8,16H2,1-4H3. The van der Waals surface area contributed by atoms with Crippen LogP contribution in [0.25, 0.3) is 10.9 Å². The second kappa shape index (κ2) is 4.46. The Morgan fingerprint density at radius 3 is 2.53 bits per heavy atom. The zero-order valence-corrected chi connectivity index (χ0v) is 11.0. The molecule has 0 bridgehead atoms. The Bertz CT molecular complexity index is 556. The number of hydrogen-bond acceptors (Lipinski definition) is 2. The second-order valence-electron chi connectivity index (χ2n) is 5.02. The third kappa shape index (κ3) is 2.32. The maximum absolute atomic E-state index is 5.85. The highest BCUT2D eigenvalue weighted by atomic mass is 14.7. The van der Waals surface area contributed by atoms with E-state index < -0.39 is 0 Å². The summed E-state index contributed by atoms with van der Waals surface area (Å²) < 4.78 is 0. The van der Waals surface area contributed by atoms with Gasteiger partial charge in [0.2, 0.25) is 0 Å².